The fraction of sp³-hybridized carbons (Fsp3) is 0.450. The summed E-state index contributed by atoms with van der Waals surface area (Å²) in [6.07, 6.45) is -2.36. The Morgan fingerprint density at radius 2 is 2.00 bits per heavy atom. The van der Waals surface area contributed by atoms with Crippen molar-refractivity contribution >= 4 is 23.8 Å². The lowest BCUT2D eigenvalue weighted by molar-refractivity contribution is -0.149. The Labute approximate surface area is 177 Å². The molecule has 1 atom stereocenters. The molecule has 1 heterocycles. The van der Waals surface area contributed by atoms with E-state index in [9.17, 15) is 27.5 Å². The highest BCUT2D eigenvalue weighted by molar-refractivity contribution is 6.05. The summed E-state index contributed by atoms with van der Waals surface area (Å²) in [7, 11) is 1.96. The van der Waals surface area contributed by atoms with Gasteiger partial charge >= 0.3 is 6.18 Å². The van der Waals surface area contributed by atoms with Gasteiger partial charge in [-0.15, -0.1) is 0 Å². The molecule has 2 rings (SSSR count). The van der Waals surface area contributed by atoms with Gasteiger partial charge in [-0.3, -0.25) is 4.79 Å². The molecule has 1 unspecified atom stereocenters. The number of amides is 1. The number of nitrogens with one attached hydrogen (secondary N) is 2. The molecular weight excluding hydrogens is 418 g/mol. The van der Waals surface area contributed by atoms with E-state index in [4.69, 9.17) is 0 Å². The van der Waals surface area contributed by atoms with E-state index in [2.05, 4.69) is 32.1 Å². The number of halogens is 4. The second-order valence-corrected chi connectivity index (χ2v) is 7.30. The molecule has 0 bridgehead atoms. The Hall–Kier alpha value is -2.95. The van der Waals surface area contributed by atoms with E-state index < -0.39 is 41.0 Å². The van der Waals surface area contributed by atoms with E-state index in [0.29, 0.717) is 19.1 Å². The number of phenols is 1. The summed E-state index contributed by atoms with van der Waals surface area (Å²) in [5.41, 5.74) is -0.877. The lowest BCUT2D eigenvalue weighted by atomic mass is 10.1. The number of carbonyl (C=O) groups excluding carboxylic acids is 1. The van der Waals surface area contributed by atoms with Crippen LogP contribution in [-0.2, 0) is 4.79 Å². The minimum atomic E-state index is -4.47. The number of nitrogens with zero attached hydrogens (tertiary/aromatic N) is 3. The van der Waals surface area contributed by atoms with Crippen molar-refractivity contribution in [1.29, 1.82) is 0 Å². The van der Waals surface area contributed by atoms with E-state index >= 15 is 0 Å². The molecule has 1 aliphatic heterocycles. The van der Waals surface area contributed by atoms with Crippen LogP contribution in [0.4, 0.5) is 23.2 Å². The van der Waals surface area contributed by atoms with Crippen molar-refractivity contribution in [3.63, 3.8) is 0 Å². The van der Waals surface area contributed by atoms with Crippen LogP contribution in [0.15, 0.2) is 40.5 Å². The number of alkyl halides is 3. The Balaban J connectivity index is 2.18. The lowest BCUT2D eigenvalue weighted by Crippen LogP contribution is -2.43. The van der Waals surface area contributed by atoms with Crippen LogP contribution in [-0.4, -0.2) is 60.4 Å². The molecule has 31 heavy (non-hydrogen) atoms. The van der Waals surface area contributed by atoms with E-state index in [1.807, 2.05) is 7.05 Å². The quantitative estimate of drug-likeness (QED) is 0.214. The molecule has 1 aromatic carbocycles. The molecule has 0 saturated carbocycles. The van der Waals surface area contributed by atoms with Gasteiger partial charge in [-0.2, -0.15) is 13.2 Å². The van der Waals surface area contributed by atoms with Crippen LogP contribution in [0.5, 0.6) is 5.75 Å². The SMILES string of the molecule is C=C(/N=C(\N=C/C(C)C(F)(F)F)NC1CCN(C)CC1)C(=O)Nc1c(O)cccc1F. The molecule has 0 aromatic heterocycles. The third-order valence-corrected chi connectivity index (χ3v) is 4.72. The number of aliphatic imine (C=N–C) groups is 2. The Morgan fingerprint density at radius 3 is 2.58 bits per heavy atom. The molecule has 0 radical (unpaired) electrons. The monoisotopic (exact) mass is 443 g/mol. The number of piperidine rings is 1. The standard InChI is InChI=1S/C20H25F4N5O2/c1-12(20(22,23)24)11-25-19(27-14-7-9-29(3)10-8-14)26-13(2)18(31)28-17-15(21)5-4-6-16(17)30/h4-6,11-12,14,30H,2,7-10H2,1,3H3,(H,26,27)(H,28,31)/b25-11-. The predicted octanol–water partition coefficient (Wildman–Crippen LogP) is 3.29. The van der Waals surface area contributed by atoms with Crippen molar-refractivity contribution < 1.29 is 27.5 Å². The lowest BCUT2D eigenvalue weighted by Gasteiger charge is -2.29. The predicted molar refractivity (Wildman–Crippen MR) is 111 cm³/mol. The summed E-state index contributed by atoms with van der Waals surface area (Å²) in [6, 6.07) is 3.38. The zero-order valence-corrected chi connectivity index (χ0v) is 17.2. The van der Waals surface area contributed by atoms with Gasteiger partial charge in [0.1, 0.15) is 17.1 Å². The molecule has 3 N–H and O–H groups in total. The molecule has 11 heteroatoms. The minimum Gasteiger partial charge on any atom is -0.506 e. The fourth-order valence-corrected chi connectivity index (χ4v) is 2.70. The topological polar surface area (TPSA) is 89.3 Å². The van der Waals surface area contributed by atoms with Crippen molar-refractivity contribution in [3.8, 4) is 5.75 Å². The van der Waals surface area contributed by atoms with Gasteiger partial charge in [0, 0.05) is 12.3 Å². The van der Waals surface area contributed by atoms with Gasteiger partial charge in [0.25, 0.3) is 5.91 Å². The van der Waals surface area contributed by atoms with E-state index in [-0.39, 0.29) is 12.0 Å². The van der Waals surface area contributed by atoms with Gasteiger partial charge in [-0.1, -0.05) is 12.6 Å². The first-order chi connectivity index (χ1) is 14.5. The molecule has 0 spiro atoms. The third kappa shape index (κ3) is 7.35. The molecular formula is C20H25F4N5O2. The van der Waals surface area contributed by atoms with Crippen LogP contribution in [0, 0.1) is 11.7 Å². The third-order valence-electron chi connectivity index (χ3n) is 4.72. The summed E-state index contributed by atoms with van der Waals surface area (Å²) in [4.78, 5) is 22.1. The molecule has 1 aliphatic rings. The number of likely N-dealkylation sites (tertiary alicyclic amines) is 1. The number of hydrogen-bond donors (Lipinski definition) is 3. The number of benzene rings is 1. The average Bonchev–Trinajstić information content (AvgIpc) is 2.69. The first-order valence-corrected chi connectivity index (χ1v) is 9.59. The maximum absolute atomic E-state index is 13.8. The molecule has 0 aliphatic carbocycles. The summed E-state index contributed by atoms with van der Waals surface area (Å²) in [5, 5.41) is 14.8. The second-order valence-electron chi connectivity index (χ2n) is 7.30. The molecule has 1 fully saturated rings. The molecule has 1 amide bonds. The maximum Gasteiger partial charge on any atom is 0.396 e. The summed E-state index contributed by atoms with van der Waals surface area (Å²) < 4.78 is 52.2. The largest absolute Gasteiger partial charge is 0.506 e. The van der Waals surface area contributed by atoms with E-state index in [1.54, 1.807) is 0 Å². The van der Waals surface area contributed by atoms with Crippen LogP contribution in [0.1, 0.15) is 19.8 Å². The Bertz CT molecular complexity index is 841. The van der Waals surface area contributed by atoms with Crippen molar-refractivity contribution in [2.75, 3.05) is 25.5 Å². The van der Waals surface area contributed by atoms with E-state index in [1.165, 1.54) is 12.1 Å². The number of phenolic OH excluding ortho intramolecular Hbond substituents is 1. The first kappa shape index (κ1) is 24.3. The minimum absolute atomic E-state index is 0.0974. The Kier molecular flexibility index (Phi) is 8.14. The molecule has 7 nitrogen and oxygen atoms in total. The van der Waals surface area contributed by atoms with Crippen LogP contribution >= 0.6 is 0 Å². The van der Waals surface area contributed by atoms with E-state index in [0.717, 1.165) is 26.1 Å². The van der Waals surface area contributed by atoms with Gasteiger partial charge in [-0.25, -0.2) is 14.4 Å². The van der Waals surface area contributed by atoms with Gasteiger partial charge in [-0.05, 0) is 52.0 Å². The van der Waals surface area contributed by atoms with Crippen molar-refractivity contribution in [3.05, 3.63) is 36.3 Å². The fourth-order valence-electron chi connectivity index (χ4n) is 2.70. The van der Waals surface area contributed by atoms with Crippen LogP contribution in [0.3, 0.4) is 0 Å². The number of guanidine groups is 1. The number of hydrogen-bond acceptors (Lipinski definition) is 4. The number of rotatable bonds is 5. The molecule has 1 aromatic rings. The van der Waals surface area contributed by atoms with Gasteiger partial charge in [0.2, 0.25) is 5.96 Å². The second kappa shape index (κ2) is 10.4. The number of aromatic hydroxyl groups is 1. The highest BCUT2D eigenvalue weighted by atomic mass is 19.4. The molecule has 1 saturated heterocycles. The number of anilines is 1. The normalized spacial score (nSPS) is 17.5. The summed E-state index contributed by atoms with van der Waals surface area (Å²) in [6.45, 7) is 5.99. The first-order valence-electron chi connectivity index (χ1n) is 9.59. The number of carbonyl (C=O) groups is 1. The number of para-hydroxylation sites is 1. The van der Waals surface area contributed by atoms with Crippen LogP contribution in [0.2, 0.25) is 0 Å². The van der Waals surface area contributed by atoms with Crippen molar-refractivity contribution in [1.82, 2.24) is 10.2 Å². The summed E-state index contributed by atoms with van der Waals surface area (Å²) in [5.74, 6) is -4.33. The Morgan fingerprint density at radius 1 is 1.35 bits per heavy atom. The zero-order chi connectivity index (χ0) is 23.2. The van der Waals surface area contributed by atoms with Gasteiger partial charge in [0.05, 0.1) is 5.92 Å². The van der Waals surface area contributed by atoms with Crippen molar-refractivity contribution in [2.45, 2.75) is 32.0 Å². The van der Waals surface area contributed by atoms with Gasteiger partial charge in [0.15, 0.2) is 5.82 Å². The smallest absolute Gasteiger partial charge is 0.396 e. The van der Waals surface area contributed by atoms with Crippen LogP contribution in [0.25, 0.3) is 0 Å². The van der Waals surface area contributed by atoms with Crippen molar-refractivity contribution in [2.24, 2.45) is 15.9 Å². The van der Waals surface area contributed by atoms with Crippen LogP contribution < -0.4 is 10.6 Å². The maximum atomic E-state index is 13.8. The molecule has 170 valence electrons. The highest BCUT2D eigenvalue weighted by Crippen LogP contribution is 2.26. The summed E-state index contributed by atoms with van der Waals surface area (Å²) >= 11 is 0. The van der Waals surface area contributed by atoms with Gasteiger partial charge < -0.3 is 20.6 Å². The highest BCUT2D eigenvalue weighted by Gasteiger charge is 2.34. The zero-order valence-electron chi connectivity index (χ0n) is 17.2. The average molecular weight is 443 g/mol.